The van der Waals surface area contributed by atoms with Gasteiger partial charge in [-0.05, 0) is 36.2 Å². The number of rotatable bonds is 2. The Labute approximate surface area is 113 Å². The van der Waals surface area contributed by atoms with Crippen molar-refractivity contribution in [1.29, 1.82) is 5.26 Å². The molecule has 0 unspecified atom stereocenters. The van der Waals surface area contributed by atoms with Crippen LogP contribution in [0.1, 0.15) is 11.1 Å². The molecule has 3 nitrogen and oxygen atoms in total. The summed E-state index contributed by atoms with van der Waals surface area (Å²) in [5.74, 6) is -0.513. The predicted molar refractivity (Wildman–Crippen MR) is 65.8 cm³/mol. The van der Waals surface area contributed by atoms with Gasteiger partial charge in [0.25, 0.3) is 0 Å². The second-order valence-corrected chi connectivity index (χ2v) is 4.06. The van der Waals surface area contributed by atoms with E-state index in [1.807, 2.05) is 6.92 Å². The van der Waals surface area contributed by atoms with Crippen LogP contribution in [0.2, 0.25) is 0 Å². The molecule has 0 saturated heterocycles. The summed E-state index contributed by atoms with van der Waals surface area (Å²) < 4.78 is 40.9. The van der Waals surface area contributed by atoms with Crippen molar-refractivity contribution in [1.82, 2.24) is 4.98 Å². The van der Waals surface area contributed by atoms with E-state index in [-0.39, 0.29) is 5.56 Å². The minimum atomic E-state index is -4.84. The van der Waals surface area contributed by atoms with Crippen LogP contribution in [-0.4, -0.2) is 11.3 Å². The van der Waals surface area contributed by atoms with Crippen LogP contribution >= 0.6 is 0 Å². The molecule has 1 heterocycles. The van der Waals surface area contributed by atoms with Gasteiger partial charge < -0.3 is 4.74 Å². The van der Waals surface area contributed by atoms with Crippen molar-refractivity contribution < 1.29 is 17.9 Å². The monoisotopic (exact) mass is 278 g/mol. The van der Waals surface area contributed by atoms with Crippen LogP contribution in [0.25, 0.3) is 11.1 Å². The first-order valence-corrected chi connectivity index (χ1v) is 5.61. The van der Waals surface area contributed by atoms with E-state index in [0.29, 0.717) is 11.1 Å². The largest absolute Gasteiger partial charge is 0.573 e. The van der Waals surface area contributed by atoms with Crippen LogP contribution < -0.4 is 4.74 Å². The average molecular weight is 278 g/mol. The molecule has 0 amide bonds. The van der Waals surface area contributed by atoms with E-state index in [1.54, 1.807) is 30.6 Å². The minimum absolute atomic E-state index is 0.174. The van der Waals surface area contributed by atoms with E-state index in [0.717, 1.165) is 5.56 Å². The molecule has 20 heavy (non-hydrogen) atoms. The van der Waals surface area contributed by atoms with Crippen molar-refractivity contribution in [3.05, 3.63) is 47.8 Å². The third kappa shape index (κ3) is 3.06. The molecule has 6 heteroatoms. The fourth-order valence-electron chi connectivity index (χ4n) is 1.76. The molecule has 0 spiro atoms. The lowest BCUT2D eigenvalue weighted by Crippen LogP contribution is -2.17. The quantitative estimate of drug-likeness (QED) is 0.838. The van der Waals surface area contributed by atoms with Gasteiger partial charge in [-0.3, -0.25) is 4.98 Å². The summed E-state index contributed by atoms with van der Waals surface area (Å²) in [6, 6.07) is 7.47. The Hall–Kier alpha value is -2.55. The maximum absolute atomic E-state index is 12.3. The molecular weight excluding hydrogens is 269 g/mol. The van der Waals surface area contributed by atoms with E-state index in [2.05, 4.69) is 9.72 Å². The second-order valence-electron chi connectivity index (χ2n) is 4.06. The number of halogens is 3. The molecule has 1 aromatic heterocycles. The molecule has 0 aliphatic heterocycles. The Morgan fingerprint density at radius 2 is 2.00 bits per heavy atom. The first kappa shape index (κ1) is 13.9. The van der Waals surface area contributed by atoms with Crippen molar-refractivity contribution in [3.8, 4) is 22.9 Å². The fourth-order valence-corrected chi connectivity index (χ4v) is 1.76. The SMILES string of the molecule is Cc1ccncc1-c1ccc(C#N)c(OC(F)(F)F)c1. The van der Waals surface area contributed by atoms with Crippen LogP contribution in [0.15, 0.2) is 36.7 Å². The Morgan fingerprint density at radius 1 is 1.25 bits per heavy atom. The van der Waals surface area contributed by atoms with E-state index in [1.165, 1.54) is 12.1 Å². The molecule has 0 fully saturated rings. The van der Waals surface area contributed by atoms with Gasteiger partial charge in [0, 0.05) is 18.0 Å². The third-order valence-electron chi connectivity index (χ3n) is 2.68. The number of aromatic nitrogens is 1. The zero-order valence-electron chi connectivity index (χ0n) is 10.4. The van der Waals surface area contributed by atoms with Crippen LogP contribution in [-0.2, 0) is 0 Å². The van der Waals surface area contributed by atoms with E-state index < -0.39 is 12.1 Å². The highest BCUT2D eigenvalue weighted by Gasteiger charge is 2.32. The molecule has 0 saturated carbocycles. The highest BCUT2D eigenvalue weighted by Crippen LogP contribution is 2.31. The summed E-state index contributed by atoms with van der Waals surface area (Å²) in [6.45, 7) is 1.82. The van der Waals surface area contributed by atoms with Gasteiger partial charge in [0.2, 0.25) is 0 Å². The molecule has 0 aliphatic carbocycles. The Bertz CT molecular complexity index is 675. The summed E-state index contributed by atoms with van der Waals surface area (Å²) in [6.07, 6.45) is -1.70. The molecule has 0 radical (unpaired) electrons. The first-order chi connectivity index (χ1) is 9.40. The van der Waals surface area contributed by atoms with Gasteiger partial charge >= 0.3 is 6.36 Å². The molecule has 0 atom stereocenters. The topological polar surface area (TPSA) is 45.9 Å². The second kappa shape index (κ2) is 5.21. The highest BCUT2D eigenvalue weighted by molar-refractivity contribution is 5.69. The summed E-state index contributed by atoms with van der Waals surface area (Å²) in [5, 5.41) is 8.82. The van der Waals surface area contributed by atoms with Gasteiger partial charge in [0.15, 0.2) is 0 Å². The summed E-state index contributed by atoms with van der Waals surface area (Å²) in [7, 11) is 0. The lowest BCUT2D eigenvalue weighted by atomic mass is 10.0. The number of nitrogens with zero attached hydrogens (tertiary/aromatic N) is 2. The fraction of sp³-hybridized carbons (Fsp3) is 0.143. The van der Waals surface area contributed by atoms with Crippen molar-refractivity contribution in [2.24, 2.45) is 0 Å². The third-order valence-corrected chi connectivity index (χ3v) is 2.68. The van der Waals surface area contributed by atoms with E-state index in [9.17, 15) is 13.2 Å². The maximum Gasteiger partial charge on any atom is 0.573 e. The van der Waals surface area contributed by atoms with Crippen LogP contribution in [0, 0.1) is 18.3 Å². The summed E-state index contributed by atoms with van der Waals surface area (Å²) >= 11 is 0. The molecule has 0 N–H and O–H groups in total. The number of pyridine rings is 1. The first-order valence-electron chi connectivity index (χ1n) is 5.61. The average Bonchev–Trinajstić information content (AvgIpc) is 2.37. The van der Waals surface area contributed by atoms with Gasteiger partial charge in [0.1, 0.15) is 11.8 Å². The predicted octanol–water partition coefficient (Wildman–Crippen LogP) is 3.83. The van der Waals surface area contributed by atoms with E-state index >= 15 is 0 Å². The zero-order chi connectivity index (χ0) is 14.8. The molecular formula is C14H9F3N2O. The minimum Gasteiger partial charge on any atom is -0.404 e. The van der Waals surface area contributed by atoms with Crippen molar-refractivity contribution >= 4 is 0 Å². The number of hydrogen-bond acceptors (Lipinski definition) is 3. The van der Waals surface area contributed by atoms with Gasteiger partial charge in [-0.15, -0.1) is 13.2 Å². The number of aryl methyl sites for hydroxylation is 1. The molecule has 1 aromatic carbocycles. The lowest BCUT2D eigenvalue weighted by molar-refractivity contribution is -0.274. The number of alkyl halides is 3. The van der Waals surface area contributed by atoms with Crippen LogP contribution in [0.3, 0.4) is 0 Å². The normalized spacial score (nSPS) is 10.9. The number of nitriles is 1. The van der Waals surface area contributed by atoms with Crippen LogP contribution in [0.5, 0.6) is 5.75 Å². The maximum atomic E-state index is 12.3. The summed E-state index contributed by atoms with van der Waals surface area (Å²) in [5.41, 5.74) is 1.88. The lowest BCUT2D eigenvalue weighted by Gasteiger charge is -2.12. The van der Waals surface area contributed by atoms with Gasteiger partial charge in [-0.2, -0.15) is 5.26 Å². The Kier molecular flexibility index (Phi) is 3.61. The van der Waals surface area contributed by atoms with Crippen molar-refractivity contribution in [2.45, 2.75) is 13.3 Å². The zero-order valence-corrected chi connectivity index (χ0v) is 10.4. The Morgan fingerprint density at radius 3 is 2.60 bits per heavy atom. The molecule has 0 bridgehead atoms. The summed E-state index contributed by atoms with van der Waals surface area (Å²) in [4.78, 5) is 3.94. The van der Waals surface area contributed by atoms with Gasteiger partial charge in [-0.1, -0.05) is 6.07 Å². The van der Waals surface area contributed by atoms with Gasteiger partial charge in [0.05, 0.1) is 5.56 Å². The smallest absolute Gasteiger partial charge is 0.404 e. The standard InChI is InChI=1S/C14H9F3N2O/c1-9-4-5-19-8-12(9)10-2-3-11(7-18)13(6-10)20-14(15,16)17/h2-6,8H,1H3. The number of hydrogen-bond donors (Lipinski definition) is 0. The molecule has 102 valence electrons. The molecule has 2 aromatic rings. The Balaban J connectivity index is 2.51. The van der Waals surface area contributed by atoms with E-state index in [4.69, 9.17) is 5.26 Å². The number of benzene rings is 1. The van der Waals surface area contributed by atoms with Crippen molar-refractivity contribution in [3.63, 3.8) is 0 Å². The van der Waals surface area contributed by atoms with Gasteiger partial charge in [-0.25, -0.2) is 0 Å². The van der Waals surface area contributed by atoms with Crippen molar-refractivity contribution in [2.75, 3.05) is 0 Å². The number of ether oxygens (including phenoxy) is 1. The molecule has 0 aliphatic rings. The van der Waals surface area contributed by atoms with Crippen LogP contribution in [0.4, 0.5) is 13.2 Å². The highest BCUT2D eigenvalue weighted by atomic mass is 19.4. The molecule has 2 rings (SSSR count).